The normalized spacial score (nSPS) is 26.5. The summed E-state index contributed by atoms with van der Waals surface area (Å²) in [6.45, 7) is 0.753. The molecule has 0 bridgehead atoms. The lowest BCUT2D eigenvalue weighted by Gasteiger charge is -2.46. The molecule has 1 aliphatic heterocycles. The van der Waals surface area contributed by atoms with E-state index in [1.807, 2.05) is 30.3 Å². The Bertz CT molecular complexity index is 406. The third kappa shape index (κ3) is 2.02. The molecule has 90 valence electrons. The molecule has 0 radical (unpaired) electrons. The van der Waals surface area contributed by atoms with Gasteiger partial charge in [-0.05, 0) is 32.1 Å². The Morgan fingerprint density at radius 1 is 1.24 bits per heavy atom. The molecule has 0 amide bonds. The fourth-order valence-electron chi connectivity index (χ4n) is 3.01. The van der Waals surface area contributed by atoms with Crippen molar-refractivity contribution >= 4 is 5.78 Å². The van der Waals surface area contributed by atoms with Gasteiger partial charge in [-0.2, -0.15) is 0 Å². The van der Waals surface area contributed by atoms with E-state index in [0.717, 1.165) is 37.9 Å². The zero-order chi connectivity index (χ0) is 11.7. The van der Waals surface area contributed by atoms with Crippen LogP contribution in [-0.4, -0.2) is 18.0 Å². The molecule has 1 spiro atoms. The van der Waals surface area contributed by atoms with Gasteiger partial charge >= 0.3 is 0 Å². The minimum absolute atomic E-state index is 0.0629. The van der Waals surface area contributed by atoms with Gasteiger partial charge in [0, 0.05) is 18.1 Å². The van der Waals surface area contributed by atoms with Crippen LogP contribution in [0.2, 0.25) is 0 Å². The maximum absolute atomic E-state index is 12.4. The van der Waals surface area contributed by atoms with Crippen molar-refractivity contribution in [1.29, 1.82) is 0 Å². The fourth-order valence-corrected chi connectivity index (χ4v) is 3.01. The standard InChI is InChI=1S/C15H18O2/c16-14(12-5-2-1-3-6-12)13-7-10-17-15(11-13)8-4-9-15/h1-3,5-6,13H,4,7-11H2. The van der Waals surface area contributed by atoms with Crippen molar-refractivity contribution in [2.45, 2.75) is 37.7 Å². The first kappa shape index (κ1) is 11.0. The van der Waals surface area contributed by atoms with Gasteiger partial charge in [-0.25, -0.2) is 0 Å². The van der Waals surface area contributed by atoms with Gasteiger partial charge in [0.2, 0.25) is 0 Å². The molecule has 2 fully saturated rings. The third-order valence-corrected chi connectivity index (χ3v) is 4.19. The van der Waals surface area contributed by atoms with E-state index in [-0.39, 0.29) is 11.5 Å². The highest BCUT2D eigenvalue weighted by atomic mass is 16.5. The molecule has 1 aromatic rings. The molecule has 3 rings (SSSR count). The molecule has 1 atom stereocenters. The predicted molar refractivity (Wildman–Crippen MR) is 66.0 cm³/mol. The van der Waals surface area contributed by atoms with Crippen molar-refractivity contribution in [2.75, 3.05) is 6.61 Å². The summed E-state index contributed by atoms with van der Waals surface area (Å²) in [7, 11) is 0. The van der Waals surface area contributed by atoms with Crippen molar-refractivity contribution in [3.05, 3.63) is 35.9 Å². The Morgan fingerprint density at radius 3 is 2.65 bits per heavy atom. The molecule has 2 aliphatic rings. The Balaban J connectivity index is 1.74. The number of carbonyl (C=O) groups excluding carboxylic acids is 1. The van der Waals surface area contributed by atoms with E-state index in [0.29, 0.717) is 5.78 Å². The third-order valence-electron chi connectivity index (χ3n) is 4.19. The zero-order valence-corrected chi connectivity index (χ0v) is 10.0. The second-order valence-corrected chi connectivity index (χ2v) is 5.31. The van der Waals surface area contributed by atoms with E-state index in [1.165, 1.54) is 6.42 Å². The van der Waals surface area contributed by atoms with Gasteiger partial charge in [-0.1, -0.05) is 30.3 Å². The molecular formula is C15H18O2. The molecule has 1 heterocycles. The highest BCUT2D eigenvalue weighted by Crippen LogP contribution is 2.44. The predicted octanol–water partition coefficient (Wildman–Crippen LogP) is 3.22. The monoisotopic (exact) mass is 230 g/mol. The first-order chi connectivity index (χ1) is 8.29. The highest BCUT2D eigenvalue weighted by molar-refractivity contribution is 5.97. The zero-order valence-electron chi connectivity index (χ0n) is 10.0. The molecule has 1 aliphatic carbocycles. The Hall–Kier alpha value is -1.15. The summed E-state index contributed by atoms with van der Waals surface area (Å²) in [5.74, 6) is 0.478. The van der Waals surface area contributed by atoms with Crippen LogP contribution < -0.4 is 0 Å². The van der Waals surface area contributed by atoms with Crippen LogP contribution in [0, 0.1) is 5.92 Å². The first-order valence-electron chi connectivity index (χ1n) is 6.52. The van der Waals surface area contributed by atoms with Gasteiger partial charge in [0.15, 0.2) is 5.78 Å². The van der Waals surface area contributed by atoms with Gasteiger partial charge in [0.1, 0.15) is 0 Å². The van der Waals surface area contributed by atoms with Crippen LogP contribution in [0.1, 0.15) is 42.5 Å². The van der Waals surface area contributed by atoms with Crippen LogP contribution in [0.3, 0.4) is 0 Å². The Morgan fingerprint density at radius 2 is 2.00 bits per heavy atom. The maximum Gasteiger partial charge on any atom is 0.166 e. The molecule has 17 heavy (non-hydrogen) atoms. The van der Waals surface area contributed by atoms with Gasteiger partial charge in [0.05, 0.1) is 5.60 Å². The number of benzene rings is 1. The molecule has 2 nitrogen and oxygen atoms in total. The van der Waals surface area contributed by atoms with Crippen molar-refractivity contribution < 1.29 is 9.53 Å². The number of rotatable bonds is 2. The van der Waals surface area contributed by atoms with Crippen molar-refractivity contribution in [2.24, 2.45) is 5.92 Å². The van der Waals surface area contributed by atoms with Crippen LogP contribution in [0.4, 0.5) is 0 Å². The van der Waals surface area contributed by atoms with Crippen molar-refractivity contribution in [3.8, 4) is 0 Å². The number of ether oxygens (including phenoxy) is 1. The summed E-state index contributed by atoms with van der Waals surface area (Å²) >= 11 is 0. The number of carbonyl (C=O) groups is 1. The van der Waals surface area contributed by atoms with E-state index in [1.54, 1.807) is 0 Å². The molecule has 0 aromatic heterocycles. The summed E-state index contributed by atoms with van der Waals surface area (Å²) in [5.41, 5.74) is 0.918. The first-order valence-corrected chi connectivity index (χ1v) is 6.52. The van der Waals surface area contributed by atoms with Crippen LogP contribution in [0.5, 0.6) is 0 Å². The van der Waals surface area contributed by atoms with Crippen molar-refractivity contribution in [3.63, 3.8) is 0 Å². The summed E-state index contributed by atoms with van der Waals surface area (Å²) in [6, 6.07) is 9.67. The smallest absolute Gasteiger partial charge is 0.166 e. The molecule has 1 saturated carbocycles. The summed E-state index contributed by atoms with van der Waals surface area (Å²) in [5, 5.41) is 0. The van der Waals surface area contributed by atoms with Gasteiger partial charge in [-0.15, -0.1) is 0 Å². The minimum Gasteiger partial charge on any atom is -0.375 e. The summed E-state index contributed by atoms with van der Waals surface area (Å²) in [4.78, 5) is 12.4. The fraction of sp³-hybridized carbons (Fsp3) is 0.533. The lowest BCUT2D eigenvalue weighted by molar-refractivity contribution is -0.137. The lowest BCUT2D eigenvalue weighted by Crippen LogP contribution is -2.47. The number of ketones is 1. The van der Waals surface area contributed by atoms with Crippen LogP contribution in [-0.2, 0) is 4.74 Å². The number of hydrogen-bond donors (Lipinski definition) is 0. The Labute approximate surface area is 102 Å². The molecule has 1 unspecified atom stereocenters. The summed E-state index contributed by atoms with van der Waals surface area (Å²) in [6.07, 6.45) is 5.36. The molecule has 1 aromatic carbocycles. The van der Waals surface area contributed by atoms with Crippen molar-refractivity contribution in [1.82, 2.24) is 0 Å². The molecule has 1 saturated heterocycles. The van der Waals surface area contributed by atoms with E-state index in [2.05, 4.69) is 0 Å². The largest absolute Gasteiger partial charge is 0.375 e. The van der Waals surface area contributed by atoms with Gasteiger partial charge in [-0.3, -0.25) is 4.79 Å². The molecular weight excluding hydrogens is 212 g/mol. The van der Waals surface area contributed by atoms with E-state index >= 15 is 0 Å². The lowest BCUT2D eigenvalue weighted by atomic mass is 9.70. The van der Waals surface area contributed by atoms with Gasteiger partial charge < -0.3 is 4.74 Å². The number of hydrogen-bond acceptors (Lipinski definition) is 2. The topological polar surface area (TPSA) is 26.3 Å². The SMILES string of the molecule is O=C(c1ccccc1)C1CCOC2(CCC2)C1. The average Bonchev–Trinajstić information content (AvgIpc) is 2.37. The van der Waals surface area contributed by atoms with E-state index in [4.69, 9.17) is 4.74 Å². The molecule has 0 N–H and O–H groups in total. The van der Waals surface area contributed by atoms with Crippen LogP contribution >= 0.6 is 0 Å². The second-order valence-electron chi connectivity index (χ2n) is 5.31. The van der Waals surface area contributed by atoms with E-state index < -0.39 is 0 Å². The second kappa shape index (κ2) is 4.26. The highest BCUT2D eigenvalue weighted by Gasteiger charge is 2.44. The maximum atomic E-state index is 12.4. The minimum atomic E-state index is 0.0629. The quantitative estimate of drug-likeness (QED) is 0.729. The van der Waals surface area contributed by atoms with Crippen LogP contribution in [0.25, 0.3) is 0 Å². The summed E-state index contributed by atoms with van der Waals surface area (Å²) < 4.78 is 5.87. The number of Topliss-reactive ketones (excluding diaryl/α,β-unsaturated/α-hetero) is 1. The Kier molecular flexibility index (Phi) is 2.75. The van der Waals surface area contributed by atoms with Crippen LogP contribution in [0.15, 0.2) is 30.3 Å². The molecule has 2 heteroatoms. The average molecular weight is 230 g/mol. The van der Waals surface area contributed by atoms with E-state index in [9.17, 15) is 4.79 Å². The van der Waals surface area contributed by atoms with Gasteiger partial charge in [0.25, 0.3) is 0 Å².